The molecule has 0 heterocycles. The zero-order valence-electron chi connectivity index (χ0n) is 10.00. The molecule has 0 aromatic heterocycles. The highest BCUT2D eigenvalue weighted by Crippen LogP contribution is 2.18. The van der Waals surface area contributed by atoms with Gasteiger partial charge < -0.3 is 4.74 Å². The summed E-state index contributed by atoms with van der Waals surface area (Å²) in [4.78, 5) is 11.7. The molecule has 6 heteroatoms. The molecule has 0 unspecified atom stereocenters. The fourth-order valence-electron chi connectivity index (χ4n) is 1.52. The van der Waals surface area contributed by atoms with E-state index in [9.17, 15) is 18.0 Å². The molecule has 0 N–H and O–H groups in total. The van der Waals surface area contributed by atoms with Crippen LogP contribution in [-0.4, -0.2) is 5.97 Å². The van der Waals surface area contributed by atoms with Crippen LogP contribution in [0.25, 0.3) is 0 Å². The van der Waals surface area contributed by atoms with E-state index in [4.69, 9.17) is 4.74 Å². The number of halogens is 4. The number of ether oxygens (including phenoxy) is 1. The van der Waals surface area contributed by atoms with E-state index in [1.807, 2.05) is 0 Å². The van der Waals surface area contributed by atoms with Crippen molar-refractivity contribution in [1.29, 1.82) is 0 Å². The summed E-state index contributed by atoms with van der Waals surface area (Å²) >= 11 is 3.27. The van der Waals surface area contributed by atoms with Gasteiger partial charge in [0.15, 0.2) is 17.5 Å². The molecule has 0 spiro atoms. The van der Waals surface area contributed by atoms with Gasteiger partial charge in [-0.15, -0.1) is 0 Å². The van der Waals surface area contributed by atoms with Crippen molar-refractivity contribution in [1.82, 2.24) is 0 Å². The molecule has 0 bridgehead atoms. The quantitative estimate of drug-likeness (QED) is 0.615. The molecule has 104 valence electrons. The van der Waals surface area contributed by atoms with Gasteiger partial charge in [-0.25, -0.2) is 18.0 Å². The van der Waals surface area contributed by atoms with Gasteiger partial charge in [0.1, 0.15) is 6.61 Å². The van der Waals surface area contributed by atoms with Crippen molar-refractivity contribution >= 4 is 21.9 Å². The predicted octanol–water partition coefficient (Wildman–Crippen LogP) is 4.22. The molecule has 0 saturated carbocycles. The lowest BCUT2D eigenvalue weighted by Crippen LogP contribution is -2.07. The second-order valence-corrected chi connectivity index (χ2v) is 4.78. The minimum absolute atomic E-state index is 0.0686. The molecule has 2 nitrogen and oxygen atoms in total. The van der Waals surface area contributed by atoms with Crippen LogP contribution >= 0.6 is 15.9 Å². The topological polar surface area (TPSA) is 26.3 Å². The highest BCUT2D eigenvalue weighted by Gasteiger charge is 2.16. The molecule has 2 aromatic rings. The Morgan fingerprint density at radius 1 is 1.10 bits per heavy atom. The van der Waals surface area contributed by atoms with E-state index in [0.29, 0.717) is 17.7 Å². The first kappa shape index (κ1) is 14.6. The number of carbonyl (C=O) groups is 1. The fourth-order valence-corrected chi connectivity index (χ4v) is 1.91. The Labute approximate surface area is 121 Å². The molecule has 0 fully saturated rings. The van der Waals surface area contributed by atoms with Crippen molar-refractivity contribution in [3.8, 4) is 0 Å². The third kappa shape index (κ3) is 3.19. The molecule has 0 saturated heterocycles. The summed E-state index contributed by atoms with van der Waals surface area (Å²) in [5.41, 5.74) is 0.317. The van der Waals surface area contributed by atoms with E-state index < -0.39 is 23.4 Å². The first-order valence-electron chi connectivity index (χ1n) is 5.54. The van der Waals surface area contributed by atoms with Gasteiger partial charge in [0.2, 0.25) is 0 Å². The first-order chi connectivity index (χ1) is 9.49. The lowest BCUT2D eigenvalue weighted by molar-refractivity contribution is 0.0470. The summed E-state index contributed by atoms with van der Waals surface area (Å²) in [6.07, 6.45) is 0. The van der Waals surface area contributed by atoms with Crippen LogP contribution in [0.4, 0.5) is 13.2 Å². The van der Waals surface area contributed by atoms with Gasteiger partial charge in [-0.1, -0.05) is 34.1 Å². The summed E-state index contributed by atoms with van der Waals surface area (Å²) in [7, 11) is 0. The van der Waals surface area contributed by atoms with Crippen LogP contribution in [0, 0.1) is 17.5 Å². The zero-order chi connectivity index (χ0) is 14.7. The van der Waals surface area contributed by atoms with E-state index in [1.54, 1.807) is 24.3 Å². The van der Waals surface area contributed by atoms with E-state index in [0.717, 1.165) is 4.47 Å². The maximum absolute atomic E-state index is 13.0. The molecule has 0 radical (unpaired) electrons. The smallest absolute Gasteiger partial charge is 0.338 e. The number of esters is 1. The highest BCUT2D eigenvalue weighted by molar-refractivity contribution is 9.10. The van der Waals surface area contributed by atoms with Crippen LogP contribution < -0.4 is 0 Å². The van der Waals surface area contributed by atoms with Gasteiger partial charge >= 0.3 is 5.97 Å². The van der Waals surface area contributed by atoms with Crippen LogP contribution in [0.1, 0.15) is 15.9 Å². The number of hydrogen-bond donors (Lipinski definition) is 0. The van der Waals surface area contributed by atoms with Gasteiger partial charge in [-0.05, 0) is 18.2 Å². The van der Waals surface area contributed by atoms with Gasteiger partial charge in [-0.3, -0.25) is 0 Å². The summed E-state index contributed by atoms with van der Waals surface area (Å²) in [5, 5.41) is 0. The molecule has 2 aromatic carbocycles. The van der Waals surface area contributed by atoms with Crippen molar-refractivity contribution in [3.63, 3.8) is 0 Å². The largest absolute Gasteiger partial charge is 0.457 e. The Hall–Kier alpha value is -1.82. The van der Waals surface area contributed by atoms with Gasteiger partial charge in [0.25, 0.3) is 0 Å². The van der Waals surface area contributed by atoms with Crippen LogP contribution in [0.15, 0.2) is 40.9 Å². The lowest BCUT2D eigenvalue weighted by atomic mass is 10.2. The van der Waals surface area contributed by atoms with Crippen molar-refractivity contribution in [2.24, 2.45) is 0 Å². The third-order valence-electron chi connectivity index (χ3n) is 2.54. The van der Waals surface area contributed by atoms with Gasteiger partial charge in [0.05, 0.1) is 5.56 Å². The number of hydrogen-bond acceptors (Lipinski definition) is 2. The third-order valence-corrected chi connectivity index (χ3v) is 3.31. The summed E-state index contributed by atoms with van der Waals surface area (Å²) in [5.74, 6) is -5.42. The SMILES string of the molecule is O=C(OCc1ccccc1Br)c1cc(F)c(F)c(F)c1. The van der Waals surface area contributed by atoms with Crippen molar-refractivity contribution in [2.45, 2.75) is 6.61 Å². The lowest BCUT2D eigenvalue weighted by Gasteiger charge is -2.07. The second-order valence-electron chi connectivity index (χ2n) is 3.92. The molecule has 2 rings (SSSR count). The molecule has 0 aliphatic heterocycles. The van der Waals surface area contributed by atoms with Crippen LogP contribution in [0.5, 0.6) is 0 Å². The molecular weight excluding hydrogens is 337 g/mol. The first-order valence-corrected chi connectivity index (χ1v) is 6.33. The predicted molar refractivity (Wildman–Crippen MR) is 69.6 cm³/mol. The van der Waals surface area contributed by atoms with E-state index >= 15 is 0 Å². The van der Waals surface area contributed by atoms with Crippen molar-refractivity contribution in [3.05, 3.63) is 69.4 Å². The number of carbonyl (C=O) groups excluding carboxylic acids is 1. The average Bonchev–Trinajstić information content (AvgIpc) is 2.43. The van der Waals surface area contributed by atoms with Crippen LogP contribution in [-0.2, 0) is 11.3 Å². The molecule has 0 amide bonds. The molecule has 0 atom stereocenters. The normalized spacial score (nSPS) is 10.4. The minimum atomic E-state index is -1.62. The Morgan fingerprint density at radius 3 is 2.30 bits per heavy atom. The van der Waals surface area contributed by atoms with E-state index in [1.165, 1.54) is 0 Å². The Bertz CT molecular complexity index is 636. The fraction of sp³-hybridized carbons (Fsp3) is 0.0714. The minimum Gasteiger partial charge on any atom is -0.457 e. The number of benzene rings is 2. The van der Waals surface area contributed by atoms with E-state index in [2.05, 4.69) is 15.9 Å². The van der Waals surface area contributed by atoms with Gasteiger partial charge in [0, 0.05) is 10.0 Å². The number of rotatable bonds is 3. The maximum Gasteiger partial charge on any atom is 0.338 e. The van der Waals surface area contributed by atoms with Gasteiger partial charge in [-0.2, -0.15) is 0 Å². The van der Waals surface area contributed by atoms with Crippen molar-refractivity contribution < 1.29 is 22.7 Å². The maximum atomic E-state index is 13.0. The van der Waals surface area contributed by atoms with Crippen LogP contribution in [0.2, 0.25) is 0 Å². The Balaban J connectivity index is 2.11. The zero-order valence-corrected chi connectivity index (χ0v) is 11.6. The van der Waals surface area contributed by atoms with Crippen molar-refractivity contribution in [2.75, 3.05) is 0 Å². The second kappa shape index (κ2) is 6.09. The monoisotopic (exact) mass is 344 g/mol. The molecular formula is C14H8BrF3O2. The molecule has 0 aliphatic rings. The summed E-state index contributed by atoms with van der Waals surface area (Å²) in [6, 6.07) is 8.23. The average molecular weight is 345 g/mol. The summed E-state index contributed by atoms with van der Waals surface area (Å²) in [6.45, 7) is -0.0686. The molecule has 20 heavy (non-hydrogen) atoms. The van der Waals surface area contributed by atoms with Crippen LogP contribution in [0.3, 0.4) is 0 Å². The standard InChI is InChI=1S/C14H8BrF3O2/c15-10-4-2-1-3-8(10)7-20-14(19)9-5-11(16)13(18)12(17)6-9/h1-6H,7H2. The molecule has 0 aliphatic carbocycles. The summed E-state index contributed by atoms with van der Waals surface area (Å²) < 4.78 is 44.4. The Morgan fingerprint density at radius 2 is 1.70 bits per heavy atom. The highest BCUT2D eigenvalue weighted by atomic mass is 79.9. The Kier molecular flexibility index (Phi) is 4.44. The van der Waals surface area contributed by atoms with E-state index in [-0.39, 0.29) is 12.2 Å².